The van der Waals surface area contributed by atoms with Gasteiger partial charge in [-0.1, -0.05) is 17.7 Å². The van der Waals surface area contributed by atoms with Gasteiger partial charge in [-0.2, -0.15) is 4.98 Å². The lowest BCUT2D eigenvalue weighted by Gasteiger charge is -2.12. The first-order valence-corrected chi connectivity index (χ1v) is 8.38. The van der Waals surface area contributed by atoms with Crippen LogP contribution in [0.15, 0.2) is 48.7 Å². The zero-order valence-electron chi connectivity index (χ0n) is 13.3. The summed E-state index contributed by atoms with van der Waals surface area (Å²) in [6, 6.07) is 12.7. The smallest absolute Gasteiger partial charge is 0.225 e. The van der Waals surface area contributed by atoms with Gasteiger partial charge in [-0.3, -0.25) is 4.98 Å². The number of benzene rings is 1. The average Bonchev–Trinajstić information content (AvgIpc) is 3.43. The number of anilines is 3. The van der Waals surface area contributed by atoms with Crippen LogP contribution in [0.5, 0.6) is 5.75 Å². The maximum Gasteiger partial charge on any atom is 0.225 e. The molecule has 0 atom stereocenters. The van der Waals surface area contributed by atoms with E-state index in [0.29, 0.717) is 34.2 Å². The molecule has 0 unspecified atom stereocenters. The van der Waals surface area contributed by atoms with E-state index in [0.717, 1.165) is 18.5 Å². The van der Waals surface area contributed by atoms with Gasteiger partial charge in [0.25, 0.3) is 0 Å². The molecule has 0 saturated heterocycles. The summed E-state index contributed by atoms with van der Waals surface area (Å²) >= 11 is 6.01. The van der Waals surface area contributed by atoms with Crippen LogP contribution in [-0.4, -0.2) is 26.1 Å². The summed E-state index contributed by atoms with van der Waals surface area (Å²) in [5, 5.41) is 16.9. The number of phenolic OH excluding ortho intramolecular Hbond substituents is 1. The van der Waals surface area contributed by atoms with E-state index in [-0.39, 0.29) is 5.75 Å². The first kappa shape index (κ1) is 15.7. The Labute approximate surface area is 149 Å². The van der Waals surface area contributed by atoms with Crippen LogP contribution in [0.3, 0.4) is 0 Å². The lowest BCUT2D eigenvalue weighted by molar-refractivity contribution is 0.477. The standard InChI is InChI=1S/C18H16ClN5O/c19-11-4-7-16(25)15(9-11)22-17-10-14(13-3-1-2-8-20-13)23-18(24-17)21-12-5-6-12/h1-4,7-10,12,25H,5-6H2,(H2,21,22,23,24). The maximum absolute atomic E-state index is 10.0. The Balaban J connectivity index is 1.71. The molecule has 1 aromatic carbocycles. The lowest BCUT2D eigenvalue weighted by Crippen LogP contribution is -2.08. The molecule has 1 fully saturated rings. The van der Waals surface area contributed by atoms with Crippen molar-refractivity contribution in [2.75, 3.05) is 10.6 Å². The summed E-state index contributed by atoms with van der Waals surface area (Å²) in [5.41, 5.74) is 1.93. The summed E-state index contributed by atoms with van der Waals surface area (Å²) < 4.78 is 0. The number of hydrogen-bond acceptors (Lipinski definition) is 6. The molecule has 7 heteroatoms. The van der Waals surface area contributed by atoms with E-state index in [4.69, 9.17) is 11.6 Å². The van der Waals surface area contributed by atoms with Gasteiger partial charge in [0.2, 0.25) is 5.95 Å². The molecule has 2 aromatic heterocycles. The van der Waals surface area contributed by atoms with Gasteiger partial charge < -0.3 is 15.7 Å². The SMILES string of the molecule is Oc1ccc(Cl)cc1Nc1cc(-c2ccccn2)nc(NC2CC2)n1. The normalized spacial score (nSPS) is 13.5. The van der Waals surface area contributed by atoms with E-state index in [2.05, 4.69) is 25.6 Å². The minimum Gasteiger partial charge on any atom is -0.506 e. The van der Waals surface area contributed by atoms with Crippen LogP contribution in [-0.2, 0) is 0 Å². The third-order valence-corrected chi connectivity index (χ3v) is 4.02. The molecule has 25 heavy (non-hydrogen) atoms. The van der Waals surface area contributed by atoms with Crippen molar-refractivity contribution in [3.05, 3.63) is 53.7 Å². The predicted molar refractivity (Wildman–Crippen MR) is 98.3 cm³/mol. The third-order valence-electron chi connectivity index (χ3n) is 3.79. The Hall–Kier alpha value is -2.86. The molecular formula is C18H16ClN5O. The maximum atomic E-state index is 10.0. The molecular weight excluding hydrogens is 338 g/mol. The Morgan fingerprint density at radius 3 is 2.68 bits per heavy atom. The molecule has 0 spiro atoms. The molecule has 3 aromatic rings. The van der Waals surface area contributed by atoms with Gasteiger partial charge in [-0.25, -0.2) is 4.98 Å². The molecule has 4 rings (SSSR count). The number of nitrogens with one attached hydrogen (secondary N) is 2. The fourth-order valence-electron chi connectivity index (χ4n) is 2.38. The number of aromatic nitrogens is 3. The minimum atomic E-state index is 0.0964. The van der Waals surface area contributed by atoms with Crippen molar-refractivity contribution in [2.45, 2.75) is 18.9 Å². The zero-order chi connectivity index (χ0) is 17.2. The first-order valence-electron chi connectivity index (χ1n) is 8.00. The molecule has 126 valence electrons. The van der Waals surface area contributed by atoms with Gasteiger partial charge in [0.05, 0.1) is 17.1 Å². The summed E-state index contributed by atoms with van der Waals surface area (Å²) in [6.07, 6.45) is 3.96. The average molecular weight is 354 g/mol. The number of rotatable bonds is 5. The number of aromatic hydroxyl groups is 1. The summed E-state index contributed by atoms with van der Waals surface area (Å²) in [4.78, 5) is 13.4. The van der Waals surface area contributed by atoms with E-state index in [1.165, 1.54) is 6.07 Å². The Bertz CT molecular complexity index is 899. The highest BCUT2D eigenvalue weighted by Gasteiger charge is 2.22. The van der Waals surface area contributed by atoms with Crippen molar-refractivity contribution >= 4 is 29.1 Å². The second kappa shape index (κ2) is 6.57. The third kappa shape index (κ3) is 3.80. The van der Waals surface area contributed by atoms with Gasteiger partial charge >= 0.3 is 0 Å². The van der Waals surface area contributed by atoms with Crippen molar-refractivity contribution in [3.8, 4) is 17.1 Å². The minimum absolute atomic E-state index is 0.0964. The molecule has 0 aliphatic heterocycles. The van der Waals surface area contributed by atoms with Crippen molar-refractivity contribution < 1.29 is 5.11 Å². The van der Waals surface area contributed by atoms with E-state index < -0.39 is 0 Å². The number of nitrogens with zero attached hydrogens (tertiary/aromatic N) is 3. The van der Waals surface area contributed by atoms with Crippen LogP contribution in [0.2, 0.25) is 5.02 Å². The van der Waals surface area contributed by atoms with Gasteiger partial charge in [0.1, 0.15) is 11.6 Å². The number of phenols is 1. The van der Waals surface area contributed by atoms with E-state index in [1.807, 2.05) is 18.2 Å². The van der Waals surface area contributed by atoms with E-state index in [1.54, 1.807) is 24.4 Å². The first-order chi connectivity index (χ1) is 12.2. The highest BCUT2D eigenvalue weighted by molar-refractivity contribution is 6.30. The topological polar surface area (TPSA) is 83.0 Å². The fraction of sp³-hybridized carbons (Fsp3) is 0.167. The van der Waals surface area contributed by atoms with Crippen molar-refractivity contribution in [2.24, 2.45) is 0 Å². The highest BCUT2D eigenvalue weighted by Crippen LogP contribution is 2.31. The van der Waals surface area contributed by atoms with E-state index >= 15 is 0 Å². The largest absolute Gasteiger partial charge is 0.506 e. The van der Waals surface area contributed by atoms with Crippen LogP contribution in [0.4, 0.5) is 17.5 Å². The Morgan fingerprint density at radius 1 is 1.04 bits per heavy atom. The lowest BCUT2D eigenvalue weighted by atomic mass is 10.2. The molecule has 1 aliphatic carbocycles. The van der Waals surface area contributed by atoms with Crippen molar-refractivity contribution in [3.63, 3.8) is 0 Å². The zero-order valence-corrected chi connectivity index (χ0v) is 14.0. The number of halogens is 1. The fourth-order valence-corrected chi connectivity index (χ4v) is 2.55. The van der Waals surface area contributed by atoms with Gasteiger partial charge in [-0.15, -0.1) is 0 Å². The Morgan fingerprint density at radius 2 is 1.92 bits per heavy atom. The number of hydrogen-bond donors (Lipinski definition) is 3. The molecule has 0 bridgehead atoms. The predicted octanol–water partition coefficient (Wildman–Crippen LogP) is 4.22. The Kier molecular flexibility index (Phi) is 4.11. The van der Waals surface area contributed by atoms with Crippen LogP contribution in [0.1, 0.15) is 12.8 Å². The second-order valence-electron chi connectivity index (χ2n) is 5.88. The van der Waals surface area contributed by atoms with E-state index in [9.17, 15) is 5.11 Å². The van der Waals surface area contributed by atoms with Crippen LogP contribution in [0, 0.1) is 0 Å². The summed E-state index contributed by atoms with van der Waals surface area (Å²) in [7, 11) is 0. The molecule has 2 heterocycles. The molecule has 1 saturated carbocycles. The molecule has 0 amide bonds. The van der Waals surface area contributed by atoms with Gasteiger partial charge in [0, 0.05) is 23.3 Å². The van der Waals surface area contributed by atoms with Crippen LogP contribution in [0.25, 0.3) is 11.4 Å². The molecule has 3 N–H and O–H groups in total. The summed E-state index contributed by atoms with van der Waals surface area (Å²) in [5.74, 6) is 1.19. The van der Waals surface area contributed by atoms with Gasteiger partial charge in [0.15, 0.2) is 0 Å². The monoisotopic (exact) mass is 353 g/mol. The van der Waals surface area contributed by atoms with Crippen molar-refractivity contribution in [1.82, 2.24) is 15.0 Å². The quantitative estimate of drug-likeness (QED) is 0.596. The molecule has 0 radical (unpaired) electrons. The second-order valence-corrected chi connectivity index (χ2v) is 6.32. The van der Waals surface area contributed by atoms with Crippen LogP contribution >= 0.6 is 11.6 Å². The van der Waals surface area contributed by atoms with Crippen molar-refractivity contribution in [1.29, 1.82) is 0 Å². The van der Waals surface area contributed by atoms with Crippen LogP contribution < -0.4 is 10.6 Å². The molecule has 1 aliphatic rings. The molecule has 6 nitrogen and oxygen atoms in total. The van der Waals surface area contributed by atoms with Gasteiger partial charge in [-0.05, 0) is 43.2 Å². The highest BCUT2D eigenvalue weighted by atomic mass is 35.5. The number of pyridine rings is 1. The summed E-state index contributed by atoms with van der Waals surface area (Å²) in [6.45, 7) is 0.